The third kappa shape index (κ3) is 5.41. The number of hydrogen-bond donors (Lipinski definition) is 1. The molecular weight excluding hydrogens is 460 g/mol. The van der Waals surface area contributed by atoms with Crippen LogP contribution in [0.15, 0.2) is 77.0 Å². The number of anilines is 1. The molecule has 0 bridgehead atoms. The van der Waals surface area contributed by atoms with E-state index in [0.717, 1.165) is 31.1 Å². The highest BCUT2D eigenvalue weighted by Crippen LogP contribution is 2.31. The standard InChI is InChI=1S/C23H26N4O4S2/c1-18(24-33(30,31)21-11-9-20(10-12-21)27(28)29)23(22-8-5-17-32-22)26-15-13-25(14-16-26)19-6-3-2-4-7-19/h2-12,17-18,23-24H,13-16H2,1H3/t18-,23-/m1/s1. The second-order valence-corrected chi connectivity index (χ2v) is 10.7. The van der Waals surface area contributed by atoms with Crippen LogP contribution >= 0.6 is 11.3 Å². The summed E-state index contributed by atoms with van der Waals surface area (Å²) in [5, 5.41) is 12.9. The maximum Gasteiger partial charge on any atom is 0.269 e. The molecule has 1 aliphatic rings. The maximum atomic E-state index is 13.0. The van der Waals surface area contributed by atoms with Crippen molar-refractivity contribution in [3.63, 3.8) is 0 Å². The molecule has 8 nitrogen and oxygen atoms in total. The summed E-state index contributed by atoms with van der Waals surface area (Å²) >= 11 is 1.61. The van der Waals surface area contributed by atoms with E-state index in [9.17, 15) is 18.5 Å². The number of nitrogens with one attached hydrogen (secondary N) is 1. The van der Waals surface area contributed by atoms with Gasteiger partial charge in [0.15, 0.2) is 0 Å². The zero-order chi connectivity index (χ0) is 23.4. The van der Waals surface area contributed by atoms with Gasteiger partial charge in [0.1, 0.15) is 0 Å². The molecule has 1 aliphatic heterocycles. The summed E-state index contributed by atoms with van der Waals surface area (Å²) in [7, 11) is -3.84. The van der Waals surface area contributed by atoms with Gasteiger partial charge in [0, 0.05) is 54.9 Å². The molecule has 0 aliphatic carbocycles. The van der Waals surface area contributed by atoms with E-state index in [1.165, 1.54) is 30.0 Å². The molecule has 33 heavy (non-hydrogen) atoms. The van der Waals surface area contributed by atoms with E-state index in [1.807, 2.05) is 42.6 Å². The molecule has 1 saturated heterocycles. The lowest BCUT2D eigenvalue weighted by Gasteiger charge is -2.42. The third-order valence-corrected chi connectivity index (χ3v) is 8.35. The molecule has 1 fully saturated rings. The van der Waals surface area contributed by atoms with E-state index in [-0.39, 0.29) is 16.6 Å². The second-order valence-electron chi connectivity index (χ2n) is 7.98. The predicted molar refractivity (Wildman–Crippen MR) is 130 cm³/mol. The van der Waals surface area contributed by atoms with Crippen molar-refractivity contribution in [3.8, 4) is 0 Å². The van der Waals surface area contributed by atoms with Crippen molar-refractivity contribution in [3.05, 3.63) is 87.1 Å². The van der Waals surface area contributed by atoms with Gasteiger partial charge in [-0.2, -0.15) is 0 Å². The fourth-order valence-corrected chi connectivity index (χ4v) is 6.44. The van der Waals surface area contributed by atoms with Crippen LogP contribution < -0.4 is 9.62 Å². The Hall–Kier alpha value is -2.79. The molecule has 10 heteroatoms. The molecule has 0 unspecified atom stereocenters. The molecule has 4 rings (SSSR count). The van der Waals surface area contributed by atoms with Gasteiger partial charge in [-0.3, -0.25) is 15.0 Å². The van der Waals surface area contributed by atoms with Gasteiger partial charge in [-0.1, -0.05) is 24.3 Å². The van der Waals surface area contributed by atoms with Crippen LogP contribution in [-0.2, 0) is 10.0 Å². The minimum Gasteiger partial charge on any atom is -0.369 e. The second kappa shape index (κ2) is 10.0. The van der Waals surface area contributed by atoms with E-state index in [4.69, 9.17) is 0 Å². The first-order valence-electron chi connectivity index (χ1n) is 10.7. The first-order chi connectivity index (χ1) is 15.8. The molecule has 0 saturated carbocycles. The first-order valence-corrected chi connectivity index (χ1v) is 13.1. The summed E-state index contributed by atoms with van der Waals surface area (Å²) < 4.78 is 28.8. The van der Waals surface area contributed by atoms with E-state index in [2.05, 4.69) is 26.7 Å². The number of non-ortho nitro benzene ring substituents is 1. The van der Waals surface area contributed by atoms with Crippen molar-refractivity contribution in [2.45, 2.75) is 23.9 Å². The van der Waals surface area contributed by atoms with Crippen LogP contribution in [0.1, 0.15) is 17.8 Å². The zero-order valence-electron chi connectivity index (χ0n) is 18.2. The van der Waals surface area contributed by atoms with Gasteiger partial charge in [-0.05, 0) is 42.6 Å². The van der Waals surface area contributed by atoms with Gasteiger partial charge in [-0.25, -0.2) is 13.1 Å². The number of thiophene rings is 1. The fraction of sp³-hybridized carbons (Fsp3) is 0.304. The summed E-state index contributed by atoms with van der Waals surface area (Å²) in [5.41, 5.74) is 1.05. The molecule has 2 heterocycles. The number of nitro groups is 1. The average molecular weight is 487 g/mol. The van der Waals surface area contributed by atoms with E-state index in [0.29, 0.717) is 0 Å². The van der Waals surface area contributed by atoms with E-state index < -0.39 is 21.0 Å². The molecule has 2 aromatic carbocycles. The molecule has 3 aromatic rings. The third-order valence-electron chi connectivity index (χ3n) is 5.84. The summed E-state index contributed by atoms with van der Waals surface area (Å²) in [5.74, 6) is 0. The number of piperazine rings is 1. The lowest BCUT2D eigenvalue weighted by atomic mass is 10.1. The summed E-state index contributed by atoms with van der Waals surface area (Å²) in [6.07, 6.45) is 0. The largest absolute Gasteiger partial charge is 0.369 e. The molecule has 2 atom stereocenters. The molecule has 1 N–H and O–H groups in total. The van der Waals surface area contributed by atoms with Crippen molar-refractivity contribution in [1.29, 1.82) is 0 Å². The highest BCUT2D eigenvalue weighted by molar-refractivity contribution is 7.89. The SMILES string of the molecule is C[C@@H](NS(=O)(=O)c1ccc([N+](=O)[O-])cc1)[C@H](c1cccs1)N1CCN(c2ccccc2)CC1. The Bertz CT molecular complexity index is 1160. The Labute approximate surface area is 197 Å². The maximum absolute atomic E-state index is 13.0. The molecular formula is C23H26N4O4S2. The Morgan fingerprint density at radius 1 is 0.970 bits per heavy atom. The van der Waals surface area contributed by atoms with Gasteiger partial charge in [-0.15, -0.1) is 11.3 Å². The Morgan fingerprint density at radius 3 is 2.21 bits per heavy atom. The van der Waals surface area contributed by atoms with E-state index >= 15 is 0 Å². The number of benzene rings is 2. The molecule has 0 spiro atoms. The lowest BCUT2D eigenvalue weighted by Crippen LogP contribution is -2.52. The number of rotatable bonds is 8. The van der Waals surface area contributed by atoms with Crippen LogP contribution in [0.4, 0.5) is 11.4 Å². The number of nitrogens with zero attached hydrogens (tertiary/aromatic N) is 3. The Kier molecular flexibility index (Phi) is 7.08. The average Bonchev–Trinajstić information content (AvgIpc) is 3.34. The topological polar surface area (TPSA) is 95.8 Å². The van der Waals surface area contributed by atoms with Crippen LogP contribution in [0, 0.1) is 10.1 Å². The minimum absolute atomic E-state index is 0.0128. The van der Waals surface area contributed by atoms with Crippen LogP contribution in [0.3, 0.4) is 0 Å². The van der Waals surface area contributed by atoms with Gasteiger partial charge >= 0.3 is 0 Å². The summed E-state index contributed by atoms with van der Waals surface area (Å²) in [4.78, 5) is 16.1. The normalized spacial score (nSPS) is 16.9. The van der Waals surface area contributed by atoms with Crippen molar-refractivity contribution >= 4 is 32.7 Å². The number of hydrogen-bond acceptors (Lipinski definition) is 7. The van der Waals surface area contributed by atoms with Gasteiger partial charge in [0.05, 0.1) is 15.9 Å². The highest BCUT2D eigenvalue weighted by Gasteiger charge is 2.32. The van der Waals surface area contributed by atoms with Crippen LogP contribution in [0.25, 0.3) is 0 Å². The highest BCUT2D eigenvalue weighted by atomic mass is 32.2. The summed E-state index contributed by atoms with van der Waals surface area (Å²) in [6.45, 7) is 5.19. The Morgan fingerprint density at radius 2 is 1.64 bits per heavy atom. The fourth-order valence-electron chi connectivity index (χ4n) is 4.22. The van der Waals surface area contributed by atoms with Crippen LogP contribution in [0.2, 0.25) is 0 Å². The molecule has 1 aromatic heterocycles. The minimum atomic E-state index is -3.84. The number of nitro benzene ring substituents is 1. The van der Waals surface area contributed by atoms with Gasteiger partial charge in [0.2, 0.25) is 10.0 Å². The summed E-state index contributed by atoms with van der Waals surface area (Å²) in [6, 6.07) is 18.7. The number of para-hydroxylation sites is 1. The monoisotopic (exact) mass is 486 g/mol. The van der Waals surface area contributed by atoms with Crippen molar-refractivity contribution < 1.29 is 13.3 Å². The van der Waals surface area contributed by atoms with Crippen molar-refractivity contribution in [1.82, 2.24) is 9.62 Å². The van der Waals surface area contributed by atoms with Crippen LogP contribution in [-0.4, -0.2) is 50.5 Å². The van der Waals surface area contributed by atoms with Gasteiger partial charge in [0.25, 0.3) is 5.69 Å². The predicted octanol–water partition coefficient (Wildman–Crippen LogP) is 3.89. The lowest BCUT2D eigenvalue weighted by molar-refractivity contribution is -0.384. The van der Waals surface area contributed by atoms with E-state index in [1.54, 1.807) is 11.3 Å². The van der Waals surface area contributed by atoms with Crippen LogP contribution in [0.5, 0.6) is 0 Å². The molecule has 0 amide bonds. The molecule has 174 valence electrons. The van der Waals surface area contributed by atoms with Crippen molar-refractivity contribution in [2.75, 3.05) is 31.1 Å². The molecule has 0 radical (unpaired) electrons. The quantitative estimate of drug-likeness (QED) is 0.383. The number of sulfonamides is 1. The zero-order valence-corrected chi connectivity index (χ0v) is 19.8. The first kappa shape index (κ1) is 23.4. The smallest absolute Gasteiger partial charge is 0.269 e. The van der Waals surface area contributed by atoms with Gasteiger partial charge < -0.3 is 4.90 Å². The Balaban J connectivity index is 1.50. The van der Waals surface area contributed by atoms with Crippen molar-refractivity contribution in [2.24, 2.45) is 0 Å².